The lowest BCUT2D eigenvalue weighted by Crippen LogP contribution is -2.01. The summed E-state index contributed by atoms with van der Waals surface area (Å²) in [6.45, 7) is 0. The molecule has 1 aliphatic rings. The van der Waals surface area contributed by atoms with Crippen molar-refractivity contribution in [2.24, 2.45) is 0 Å². The molecule has 0 spiro atoms. The molecule has 0 amide bonds. The summed E-state index contributed by atoms with van der Waals surface area (Å²) < 4.78 is 49.4. The van der Waals surface area contributed by atoms with Crippen molar-refractivity contribution in [3.8, 4) is 22.3 Å². The second-order valence-electron chi connectivity index (χ2n) is 8.48. The molecule has 178 valence electrons. The predicted octanol–water partition coefficient (Wildman–Crippen LogP) is 7.72. The Morgan fingerprint density at radius 2 is 1.03 bits per heavy atom. The number of rotatable bonds is 3. The molecule has 5 heteroatoms. The van der Waals surface area contributed by atoms with Gasteiger partial charge in [-0.15, -0.1) is 0 Å². The van der Waals surface area contributed by atoms with Crippen LogP contribution in [-0.2, 0) is 16.3 Å². The Hall–Kier alpha value is -4.09. The zero-order valence-corrected chi connectivity index (χ0v) is 20.1. The van der Waals surface area contributed by atoms with E-state index in [9.17, 15) is 17.2 Å². The Morgan fingerprint density at radius 1 is 0.500 bits per heavy atom. The molecular weight excluding hydrogens is 474 g/mol. The first-order valence-electron chi connectivity index (χ1n) is 11.4. The maximum absolute atomic E-state index is 12.7. The van der Waals surface area contributed by atoms with E-state index < -0.39 is 21.5 Å². The first kappa shape index (κ1) is 23.6. The highest BCUT2D eigenvalue weighted by Crippen LogP contribution is 2.38. The van der Waals surface area contributed by atoms with Gasteiger partial charge in [-0.05, 0) is 94.4 Å². The van der Waals surface area contributed by atoms with Gasteiger partial charge in [0, 0.05) is 0 Å². The lowest BCUT2D eigenvalue weighted by atomic mass is 9.99. The van der Waals surface area contributed by atoms with E-state index in [-0.39, 0.29) is 9.79 Å². The molecule has 5 aromatic rings. The number of fused-ring (bicyclic) bond motifs is 3. The lowest BCUT2D eigenvalue weighted by Gasteiger charge is -2.06. The highest BCUT2D eigenvalue weighted by molar-refractivity contribution is 7.91. The largest absolute Gasteiger partial charge is 0.219 e. The third kappa shape index (κ3) is 4.83. The van der Waals surface area contributed by atoms with E-state index in [1.807, 2.05) is 0 Å². The van der Waals surface area contributed by atoms with Gasteiger partial charge in [-0.25, -0.2) is 17.2 Å². The van der Waals surface area contributed by atoms with Gasteiger partial charge in [0.2, 0.25) is 9.84 Å². The van der Waals surface area contributed by atoms with Gasteiger partial charge in [-0.3, -0.25) is 0 Å². The molecule has 0 unspecified atom stereocenters. The molecule has 1 aliphatic carbocycles. The van der Waals surface area contributed by atoms with Crippen molar-refractivity contribution in [3.63, 3.8) is 0 Å². The molecule has 0 fully saturated rings. The molecule has 36 heavy (non-hydrogen) atoms. The molecule has 0 aromatic heterocycles. The van der Waals surface area contributed by atoms with Crippen LogP contribution in [0.5, 0.6) is 0 Å². The van der Waals surface area contributed by atoms with E-state index in [0.717, 1.165) is 30.7 Å². The zero-order valence-electron chi connectivity index (χ0n) is 19.2. The van der Waals surface area contributed by atoms with Gasteiger partial charge < -0.3 is 0 Å². The standard InChI is InChI=1S/C19H14.C12H8F2O2S/c1-2-6-14(7-3-1)15-10-11-17-12-16-8-4-5-9-18(16)19(17)13-15;13-9-1-5-11(6-2-9)17(15,16)12-7-3-10(14)4-8-12/h1-11,13H,12H2;1-8H. The van der Waals surface area contributed by atoms with Gasteiger partial charge in [0.05, 0.1) is 9.79 Å². The highest BCUT2D eigenvalue weighted by atomic mass is 32.2. The van der Waals surface area contributed by atoms with Crippen molar-refractivity contribution < 1.29 is 17.2 Å². The topological polar surface area (TPSA) is 34.1 Å². The Balaban J connectivity index is 0.000000149. The van der Waals surface area contributed by atoms with Crippen molar-refractivity contribution in [2.45, 2.75) is 16.2 Å². The number of sulfone groups is 1. The molecule has 0 N–H and O–H groups in total. The fourth-order valence-electron chi connectivity index (χ4n) is 4.30. The summed E-state index contributed by atoms with van der Waals surface area (Å²) in [5, 5.41) is 0. The van der Waals surface area contributed by atoms with Gasteiger partial charge in [0.15, 0.2) is 0 Å². The summed E-state index contributed by atoms with van der Waals surface area (Å²) in [5.74, 6) is -1.02. The van der Waals surface area contributed by atoms with E-state index in [2.05, 4.69) is 72.8 Å². The molecule has 0 radical (unpaired) electrons. The van der Waals surface area contributed by atoms with Crippen molar-refractivity contribution in [2.75, 3.05) is 0 Å². The third-order valence-corrected chi connectivity index (χ3v) is 7.94. The van der Waals surface area contributed by atoms with Crippen LogP contribution in [0.15, 0.2) is 131 Å². The van der Waals surface area contributed by atoms with Crippen molar-refractivity contribution in [1.29, 1.82) is 0 Å². The summed E-state index contributed by atoms with van der Waals surface area (Å²) in [5.41, 5.74) is 8.28. The summed E-state index contributed by atoms with van der Waals surface area (Å²) in [4.78, 5) is -0.0454. The molecule has 0 aliphatic heterocycles. The average Bonchev–Trinajstić information content (AvgIpc) is 3.28. The van der Waals surface area contributed by atoms with Crippen LogP contribution in [0.4, 0.5) is 8.78 Å². The molecular formula is C31H22F2O2S. The number of hydrogen-bond donors (Lipinski definition) is 0. The van der Waals surface area contributed by atoms with Gasteiger partial charge in [0.25, 0.3) is 0 Å². The number of halogens is 2. The van der Waals surface area contributed by atoms with Crippen molar-refractivity contribution in [1.82, 2.24) is 0 Å². The van der Waals surface area contributed by atoms with E-state index in [4.69, 9.17) is 0 Å². The van der Waals surface area contributed by atoms with Gasteiger partial charge in [-0.2, -0.15) is 0 Å². The normalized spacial score (nSPS) is 11.7. The second-order valence-corrected chi connectivity index (χ2v) is 10.4. The molecule has 0 bridgehead atoms. The Morgan fingerprint density at radius 3 is 1.64 bits per heavy atom. The molecule has 6 rings (SSSR count). The van der Waals surface area contributed by atoms with Crippen LogP contribution in [0.25, 0.3) is 22.3 Å². The minimum Gasteiger partial charge on any atom is -0.219 e. The van der Waals surface area contributed by atoms with E-state index in [0.29, 0.717) is 0 Å². The number of benzene rings is 5. The Kier molecular flexibility index (Phi) is 6.49. The molecule has 0 saturated carbocycles. The second kappa shape index (κ2) is 9.88. The maximum Gasteiger partial charge on any atom is 0.206 e. The van der Waals surface area contributed by atoms with Crippen molar-refractivity contribution in [3.05, 3.63) is 144 Å². The van der Waals surface area contributed by atoms with Gasteiger partial charge in [0.1, 0.15) is 11.6 Å². The van der Waals surface area contributed by atoms with E-state index in [1.165, 1.54) is 57.6 Å². The average molecular weight is 497 g/mol. The van der Waals surface area contributed by atoms with E-state index >= 15 is 0 Å². The Labute approximate surface area is 209 Å². The summed E-state index contributed by atoms with van der Waals surface area (Å²) >= 11 is 0. The summed E-state index contributed by atoms with van der Waals surface area (Å²) in [6, 6.07) is 35.1. The Bertz CT molecular complexity index is 1560. The van der Waals surface area contributed by atoms with Crippen LogP contribution < -0.4 is 0 Å². The highest BCUT2D eigenvalue weighted by Gasteiger charge is 2.18. The first-order valence-corrected chi connectivity index (χ1v) is 12.9. The molecule has 0 saturated heterocycles. The van der Waals surface area contributed by atoms with Crippen LogP contribution in [0.2, 0.25) is 0 Å². The SMILES string of the molecule is O=S(=O)(c1ccc(F)cc1)c1ccc(F)cc1.c1ccc(-c2ccc3c(c2)-c2ccccc2C3)cc1. The fourth-order valence-corrected chi connectivity index (χ4v) is 5.56. The van der Waals surface area contributed by atoms with Gasteiger partial charge >= 0.3 is 0 Å². The molecule has 0 atom stereocenters. The zero-order chi connectivity index (χ0) is 25.1. The number of hydrogen-bond acceptors (Lipinski definition) is 2. The first-order chi connectivity index (χ1) is 17.4. The van der Waals surface area contributed by atoms with Gasteiger partial charge in [-0.1, -0.05) is 66.7 Å². The lowest BCUT2D eigenvalue weighted by molar-refractivity contribution is 0.593. The van der Waals surface area contributed by atoms with Crippen LogP contribution in [-0.4, -0.2) is 8.42 Å². The summed E-state index contributed by atoms with van der Waals surface area (Å²) in [6.07, 6.45) is 1.07. The summed E-state index contributed by atoms with van der Waals surface area (Å²) in [7, 11) is -3.71. The van der Waals surface area contributed by atoms with Crippen LogP contribution in [0, 0.1) is 11.6 Å². The minimum absolute atomic E-state index is 0.0227. The van der Waals surface area contributed by atoms with Crippen LogP contribution in [0.1, 0.15) is 11.1 Å². The third-order valence-electron chi connectivity index (χ3n) is 6.15. The quantitative estimate of drug-likeness (QED) is 0.235. The minimum atomic E-state index is -3.71. The van der Waals surface area contributed by atoms with Crippen LogP contribution >= 0.6 is 0 Å². The monoisotopic (exact) mass is 496 g/mol. The van der Waals surface area contributed by atoms with Crippen molar-refractivity contribution >= 4 is 9.84 Å². The maximum atomic E-state index is 12.7. The molecule has 5 aromatic carbocycles. The molecule has 2 nitrogen and oxygen atoms in total. The smallest absolute Gasteiger partial charge is 0.206 e. The predicted molar refractivity (Wildman–Crippen MR) is 138 cm³/mol. The van der Waals surface area contributed by atoms with Crippen LogP contribution in [0.3, 0.4) is 0 Å². The fraction of sp³-hybridized carbons (Fsp3) is 0.0323. The molecule has 0 heterocycles. The van der Waals surface area contributed by atoms with E-state index in [1.54, 1.807) is 0 Å².